The van der Waals surface area contributed by atoms with Crippen molar-refractivity contribution < 1.29 is 9.59 Å². The second kappa shape index (κ2) is 7.52. The number of anilines is 1. The van der Waals surface area contributed by atoms with Gasteiger partial charge < -0.3 is 10.2 Å². The van der Waals surface area contributed by atoms with Crippen LogP contribution in [0.4, 0.5) is 5.82 Å². The zero-order chi connectivity index (χ0) is 18.7. The molecule has 1 aromatic carbocycles. The van der Waals surface area contributed by atoms with E-state index in [4.69, 9.17) is 0 Å². The smallest absolute Gasteiger partial charge is 0.246 e. The van der Waals surface area contributed by atoms with Crippen LogP contribution in [-0.2, 0) is 22.6 Å². The number of nitrogens with one attached hydrogen (secondary N) is 1. The van der Waals surface area contributed by atoms with Crippen molar-refractivity contribution in [2.24, 2.45) is 0 Å². The minimum Gasteiger partial charge on any atom is -0.338 e. The van der Waals surface area contributed by atoms with Gasteiger partial charge in [-0.05, 0) is 60.2 Å². The third kappa shape index (κ3) is 3.99. The fraction of sp³-hybridized carbons (Fsp3) is 0.286. The Morgan fingerprint density at radius 1 is 1.31 bits per heavy atom. The predicted molar refractivity (Wildman–Crippen MR) is 103 cm³/mol. The lowest BCUT2D eigenvalue weighted by atomic mass is 10.0. The fourth-order valence-electron chi connectivity index (χ4n) is 2.98. The highest BCUT2D eigenvalue weighted by atomic mass is 16.2. The van der Waals surface area contributed by atoms with Crippen LogP contribution in [0.25, 0.3) is 6.08 Å². The number of carbonyl (C=O) groups is 2. The molecule has 0 aliphatic carbocycles. The highest BCUT2D eigenvalue weighted by Gasteiger charge is 2.15. The van der Waals surface area contributed by atoms with Crippen molar-refractivity contribution in [1.82, 2.24) is 9.88 Å². The normalized spacial score (nSPS) is 13.4. The van der Waals surface area contributed by atoms with Gasteiger partial charge in [0.25, 0.3) is 0 Å². The average molecular weight is 349 g/mol. The summed E-state index contributed by atoms with van der Waals surface area (Å²) in [7, 11) is 1.80. The van der Waals surface area contributed by atoms with E-state index in [1.165, 1.54) is 11.1 Å². The quantitative estimate of drug-likeness (QED) is 0.862. The van der Waals surface area contributed by atoms with Crippen LogP contribution in [0.2, 0.25) is 0 Å². The Balaban J connectivity index is 1.67. The molecule has 0 spiro atoms. The van der Waals surface area contributed by atoms with Crippen molar-refractivity contribution >= 4 is 23.7 Å². The summed E-state index contributed by atoms with van der Waals surface area (Å²) in [5, 5.41) is 2.76. The number of amides is 2. The maximum atomic E-state index is 12.4. The molecule has 1 aromatic heterocycles. The van der Waals surface area contributed by atoms with E-state index in [-0.39, 0.29) is 11.8 Å². The van der Waals surface area contributed by atoms with E-state index in [9.17, 15) is 9.59 Å². The van der Waals surface area contributed by atoms with Crippen LogP contribution in [0, 0.1) is 13.8 Å². The number of benzene rings is 1. The molecule has 5 nitrogen and oxygen atoms in total. The molecule has 1 aliphatic rings. The molecule has 0 atom stereocenters. The highest BCUT2D eigenvalue weighted by molar-refractivity contribution is 5.93. The van der Waals surface area contributed by atoms with Crippen molar-refractivity contribution in [3.8, 4) is 0 Å². The summed E-state index contributed by atoms with van der Waals surface area (Å²) < 4.78 is 0. The number of aromatic nitrogens is 1. The maximum absolute atomic E-state index is 12.4. The summed E-state index contributed by atoms with van der Waals surface area (Å²) in [5.41, 5.74) is 5.46. The molecule has 1 aliphatic heterocycles. The Bertz CT molecular complexity index is 887. The number of rotatable bonds is 4. The molecule has 2 amide bonds. The predicted octanol–water partition coefficient (Wildman–Crippen LogP) is 3.25. The fourth-order valence-corrected chi connectivity index (χ4v) is 2.98. The van der Waals surface area contributed by atoms with Gasteiger partial charge in [-0.1, -0.05) is 18.2 Å². The molecule has 3 rings (SSSR count). The summed E-state index contributed by atoms with van der Waals surface area (Å²) in [6.45, 7) is 4.73. The van der Waals surface area contributed by atoms with E-state index in [1.54, 1.807) is 30.3 Å². The largest absolute Gasteiger partial charge is 0.338 e. The van der Waals surface area contributed by atoms with Crippen molar-refractivity contribution in [1.29, 1.82) is 0 Å². The summed E-state index contributed by atoms with van der Waals surface area (Å²) in [6.07, 6.45) is 6.15. The molecule has 26 heavy (non-hydrogen) atoms. The second-order valence-corrected chi connectivity index (χ2v) is 6.71. The molecular weight excluding hydrogens is 326 g/mol. The lowest BCUT2D eigenvalue weighted by Gasteiger charge is -2.18. The van der Waals surface area contributed by atoms with Crippen LogP contribution in [0.3, 0.4) is 0 Å². The Kier molecular flexibility index (Phi) is 5.16. The first-order valence-corrected chi connectivity index (χ1v) is 8.71. The Hall–Kier alpha value is -2.95. The Morgan fingerprint density at radius 2 is 2.12 bits per heavy atom. The molecule has 0 saturated heterocycles. The number of likely N-dealkylation sites (N-methyl/N-ethyl adjacent to an activating group) is 1. The third-order valence-corrected chi connectivity index (χ3v) is 4.79. The molecule has 5 heteroatoms. The first-order chi connectivity index (χ1) is 12.4. The van der Waals surface area contributed by atoms with Crippen LogP contribution >= 0.6 is 0 Å². The third-order valence-electron chi connectivity index (χ3n) is 4.79. The number of carbonyl (C=O) groups excluding carboxylic acids is 2. The number of fused-ring (bicyclic) bond motifs is 1. The van der Waals surface area contributed by atoms with Crippen molar-refractivity contribution in [3.05, 3.63) is 64.4 Å². The summed E-state index contributed by atoms with van der Waals surface area (Å²) in [5.74, 6) is 0.560. The van der Waals surface area contributed by atoms with Gasteiger partial charge in [-0.15, -0.1) is 0 Å². The van der Waals surface area contributed by atoms with Crippen LogP contribution in [-0.4, -0.2) is 28.7 Å². The number of hydrogen-bond acceptors (Lipinski definition) is 3. The number of nitrogens with zero attached hydrogens (tertiary/aromatic N) is 2. The summed E-state index contributed by atoms with van der Waals surface area (Å²) >= 11 is 0. The van der Waals surface area contributed by atoms with Crippen LogP contribution in [0.5, 0.6) is 0 Å². The molecular formula is C21H23N3O2. The lowest BCUT2D eigenvalue weighted by Crippen LogP contribution is -2.24. The molecule has 2 heterocycles. The second-order valence-electron chi connectivity index (χ2n) is 6.71. The molecule has 0 fully saturated rings. The first kappa shape index (κ1) is 17.9. The van der Waals surface area contributed by atoms with Crippen molar-refractivity contribution in [2.45, 2.75) is 33.2 Å². The van der Waals surface area contributed by atoms with E-state index in [0.29, 0.717) is 25.2 Å². The van der Waals surface area contributed by atoms with Gasteiger partial charge in [0.15, 0.2) is 0 Å². The average Bonchev–Trinajstić information content (AvgIpc) is 2.63. The lowest BCUT2D eigenvalue weighted by molar-refractivity contribution is -0.125. The van der Waals surface area contributed by atoms with Gasteiger partial charge in [-0.2, -0.15) is 0 Å². The molecule has 1 N–H and O–H groups in total. The van der Waals surface area contributed by atoms with E-state index >= 15 is 0 Å². The van der Waals surface area contributed by atoms with Gasteiger partial charge >= 0.3 is 0 Å². The van der Waals surface area contributed by atoms with E-state index in [0.717, 1.165) is 16.7 Å². The van der Waals surface area contributed by atoms with Crippen molar-refractivity contribution in [2.75, 3.05) is 12.4 Å². The minimum atomic E-state index is -0.0584. The number of pyridine rings is 1. The zero-order valence-electron chi connectivity index (χ0n) is 15.4. The number of hydrogen-bond donors (Lipinski definition) is 1. The van der Waals surface area contributed by atoms with Crippen molar-refractivity contribution in [3.63, 3.8) is 0 Å². The molecule has 0 bridgehead atoms. The molecule has 134 valence electrons. The van der Waals surface area contributed by atoms with E-state index in [2.05, 4.69) is 36.3 Å². The topological polar surface area (TPSA) is 62.3 Å². The van der Waals surface area contributed by atoms with Gasteiger partial charge in [-0.25, -0.2) is 4.98 Å². The van der Waals surface area contributed by atoms with Crippen LogP contribution in [0.1, 0.15) is 34.2 Å². The summed E-state index contributed by atoms with van der Waals surface area (Å²) in [6, 6.07) is 8.11. The van der Waals surface area contributed by atoms with Crippen LogP contribution < -0.4 is 5.32 Å². The van der Waals surface area contributed by atoms with Gasteiger partial charge in [0.05, 0.1) is 0 Å². The van der Waals surface area contributed by atoms with Gasteiger partial charge in [0.2, 0.25) is 11.8 Å². The first-order valence-electron chi connectivity index (χ1n) is 8.71. The van der Waals surface area contributed by atoms with Gasteiger partial charge in [0, 0.05) is 32.3 Å². The van der Waals surface area contributed by atoms with E-state index in [1.807, 2.05) is 12.1 Å². The molecule has 0 unspecified atom stereocenters. The number of aryl methyl sites for hydroxylation is 2. The van der Waals surface area contributed by atoms with E-state index < -0.39 is 0 Å². The maximum Gasteiger partial charge on any atom is 0.246 e. The monoisotopic (exact) mass is 349 g/mol. The van der Waals surface area contributed by atoms with Gasteiger partial charge in [0.1, 0.15) is 5.82 Å². The Labute approximate surface area is 153 Å². The standard InChI is InChI=1S/C21H23N3O2/c1-14-5-4-6-18(15(14)2)13-24(3)20(26)10-7-16-11-17-8-9-19(25)23-21(17)22-12-16/h4-7,10-12H,8-9,13H2,1-3H3,(H,22,23,25)/b10-7+. The summed E-state index contributed by atoms with van der Waals surface area (Å²) in [4.78, 5) is 29.8. The highest BCUT2D eigenvalue weighted by Crippen LogP contribution is 2.21. The van der Waals surface area contributed by atoms with Crippen LogP contribution in [0.15, 0.2) is 36.5 Å². The molecule has 0 saturated carbocycles. The van der Waals surface area contributed by atoms with Gasteiger partial charge in [-0.3, -0.25) is 9.59 Å². The Morgan fingerprint density at radius 3 is 2.92 bits per heavy atom. The molecule has 2 aromatic rings. The SMILES string of the molecule is Cc1cccc(CN(C)C(=O)/C=C/c2cnc3c(c2)CCC(=O)N3)c1C. The minimum absolute atomic E-state index is 0.00321. The molecule has 0 radical (unpaired) electrons. The zero-order valence-corrected chi connectivity index (χ0v) is 15.4.